The van der Waals surface area contributed by atoms with Crippen LogP contribution in [0.3, 0.4) is 0 Å². The first-order valence-corrected chi connectivity index (χ1v) is 12.7. The molecular weight excluding hydrogens is 480 g/mol. The maximum absolute atomic E-state index is 13.5. The third-order valence-corrected chi connectivity index (χ3v) is 6.74. The predicted molar refractivity (Wildman–Crippen MR) is 150 cm³/mol. The fourth-order valence-corrected chi connectivity index (χ4v) is 4.88. The number of anilines is 1. The molecule has 2 N–H and O–H groups in total. The number of aryl methyl sites for hydroxylation is 1. The first-order valence-electron chi connectivity index (χ1n) is 12.7. The second-order valence-corrected chi connectivity index (χ2v) is 9.37. The summed E-state index contributed by atoms with van der Waals surface area (Å²) in [5.41, 5.74) is 5.41. The van der Waals surface area contributed by atoms with Gasteiger partial charge in [-0.15, -0.1) is 0 Å². The molecule has 0 saturated carbocycles. The normalized spacial score (nSPS) is 13.1. The Hall–Kier alpha value is -4.39. The number of nitrogens with zero attached hydrogens (tertiary/aromatic N) is 1. The van der Waals surface area contributed by atoms with E-state index < -0.39 is 5.97 Å². The fraction of sp³-hybridized carbons (Fsp3) is 0.258. The SMILES string of the molecule is CC.Cc1cc(C(C)Nc2ccccc2C(=O)O)c2oc(-c3ccc4c(c3)CN(C)C4=O)c(C)c(=O)c2c1. The number of amides is 1. The highest BCUT2D eigenvalue weighted by atomic mass is 16.4. The van der Waals surface area contributed by atoms with Crippen molar-refractivity contribution in [3.05, 3.63) is 98.2 Å². The quantitative estimate of drug-likeness (QED) is 0.314. The van der Waals surface area contributed by atoms with Gasteiger partial charge in [-0.2, -0.15) is 0 Å². The van der Waals surface area contributed by atoms with Crippen molar-refractivity contribution in [2.75, 3.05) is 12.4 Å². The lowest BCUT2D eigenvalue weighted by atomic mass is 9.97. The van der Waals surface area contributed by atoms with Gasteiger partial charge in [0.25, 0.3) is 5.91 Å². The molecule has 4 aromatic rings. The topological polar surface area (TPSA) is 99.8 Å². The van der Waals surface area contributed by atoms with Crippen molar-refractivity contribution in [1.82, 2.24) is 4.90 Å². The average molecular weight is 513 g/mol. The van der Waals surface area contributed by atoms with Crippen LogP contribution < -0.4 is 10.7 Å². The van der Waals surface area contributed by atoms with Crippen molar-refractivity contribution in [3.8, 4) is 11.3 Å². The number of hydrogen-bond donors (Lipinski definition) is 2. The van der Waals surface area contributed by atoms with Gasteiger partial charge in [0.2, 0.25) is 0 Å². The van der Waals surface area contributed by atoms with Crippen LogP contribution in [0.5, 0.6) is 0 Å². The van der Waals surface area contributed by atoms with Crippen molar-refractivity contribution >= 4 is 28.5 Å². The Kier molecular flexibility index (Phi) is 7.39. The molecule has 1 aromatic heterocycles. The minimum atomic E-state index is -1.02. The number of carbonyl (C=O) groups is 2. The molecule has 1 aliphatic rings. The molecule has 2 heterocycles. The van der Waals surface area contributed by atoms with Crippen LogP contribution in [0.4, 0.5) is 5.69 Å². The van der Waals surface area contributed by atoms with Crippen LogP contribution in [0.15, 0.2) is 63.8 Å². The maximum atomic E-state index is 13.5. The number of para-hydroxylation sites is 1. The molecule has 1 atom stereocenters. The molecule has 7 heteroatoms. The number of nitrogens with one attached hydrogen (secondary N) is 1. The monoisotopic (exact) mass is 512 g/mol. The number of carbonyl (C=O) groups excluding carboxylic acids is 1. The molecule has 38 heavy (non-hydrogen) atoms. The van der Waals surface area contributed by atoms with Gasteiger partial charge in [0.15, 0.2) is 5.43 Å². The Morgan fingerprint density at radius 3 is 2.47 bits per heavy atom. The Bertz CT molecular complexity index is 1620. The predicted octanol–water partition coefficient (Wildman–Crippen LogP) is 6.56. The highest BCUT2D eigenvalue weighted by Gasteiger charge is 2.26. The van der Waals surface area contributed by atoms with Gasteiger partial charge in [0.05, 0.1) is 17.0 Å². The van der Waals surface area contributed by atoms with Crippen LogP contribution in [0.25, 0.3) is 22.3 Å². The van der Waals surface area contributed by atoms with Crippen molar-refractivity contribution in [3.63, 3.8) is 0 Å². The van der Waals surface area contributed by atoms with Gasteiger partial charge < -0.3 is 19.7 Å². The van der Waals surface area contributed by atoms with Crippen LogP contribution in [0.2, 0.25) is 0 Å². The van der Waals surface area contributed by atoms with E-state index in [1.165, 1.54) is 0 Å². The second-order valence-electron chi connectivity index (χ2n) is 9.37. The lowest BCUT2D eigenvalue weighted by Crippen LogP contribution is -2.17. The molecule has 1 aliphatic heterocycles. The fourth-order valence-electron chi connectivity index (χ4n) is 4.88. The highest BCUT2D eigenvalue weighted by molar-refractivity contribution is 5.99. The van der Waals surface area contributed by atoms with E-state index in [1.54, 1.807) is 49.2 Å². The first-order chi connectivity index (χ1) is 18.2. The Labute approximate surface area is 221 Å². The number of fused-ring (bicyclic) bond motifs is 2. The largest absolute Gasteiger partial charge is 0.478 e. The Balaban J connectivity index is 0.00000164. The molecule has 3 aromatic carbocycles. The molecule has 0 saturated heterocycles. The molecule has 0 fully saturated rings. The first kappa shape index (κ1) is 26.7. The summed E-state index contributed by atoms with van der Waals surface area (Å²) in [5.74, 6) is -0.586. The lowest BCUT2D eigenvalue weighted by Gasteiger charge is -2.20. The van der Waals surface area contributed by atoms with E-state index in [1.807, 2.05) is 52.0 Å². The van der Waals surface area contributed by atoms with Crippen LogP contribution >= 0.6 is 0 Å². The standard InChI is InChI=1S/C29H26N2O5.C2H6/c1-15-11-22(17(3)30-24-8-6-5-7-21(24)29(34)35)27-23(12-15)25(32)16(2)26(36-27)18-9-10-20-19(13-18)14-31(4)28(20)33;1-2/h5-13,17,30H,14H2,1-4H3,(H,34,35);1-2H3. The average Bonchev–Trinajstić information content (AvgIpc) is 3.19. The summed E-state index contributed by atoms with van der Waals surface area (Å²) in [7, 11) is 1.76. The smallest absolute Gasteiger partial charge is 0.337 e. The van der Waals surface area contributed by atoms with Crippen molar-refractivity contribution in [2.24, 2.45) is 0 Å². The molecule has 0 spiro atoms. The van der Waals surface area contributed by atoms with Crippen molar-refractivity contribution in [1.29, 1.82) is 0 Å². The van der Waals surface area contributed by atoms with Gasteiger partial charge >= 0.3 is 5.97 Å². The van der Waals surface area contributed by atoms with E-state index in [-0.39, 0.29) is 22.9 Å². The van der Waals surface area contributed by atoms with Crippen molar-refractivity contribution < 1.29 is 19.1 Å². The van der Waals surface area contributed by atoms with Gasteiger partial charge in [0.1, 0.15) is 11.3 Å². The highest BCUT2D eigenvalue weighted by Crippen LogP contribution is 2.34. The molecule has 0 bridgehead atoms. The number of rotatable bonds is 5. The molecule has 0 aliphatic carbocycles. The summed E-state index contributed by atoms with van der Waals surface area (Å²) in [6, 6.07) is 15.6. The number of carboxylic acid groups (broad SMARTS) is 1. The van der Waals surface area contributed by atoms with E-state index in [0.29, 0.717) is 40.1 Å². The van der Waals surface area contributed by atoms with Gasteiger partial charge in [-0.25, -0.2) is 4.79 Å². The Morgan fingerprint density at radius 1 is 1.05 bits per heavy atom. The zero-order valence-corrected chi connectivity index (χ0v) is 22.5. The van der Waals surface area contributed by atoms with Gasteiger partial charge in [-0.3, -0.25) is 9.59 Å². The lowest BCUT2D eigenvalue weighted by molar-refractivity contribution is 0.0697. The van der Waals surface area contributed by atoms with E-state index in [0.717, 1.165) is 22.3 Å². The molecule has 0 radical (unpaired) electrons. The van der Waals surface area contributed by atoms with Crippen molar-refractivity contribution in [2.45, 2.75) is 47.2 Å². The number of benzene rings is 3. The molecule has 5 rings (SSSR count). The third-order valence-electron chi connectivity index (χ3n) is 6.74. The third kappa shape index (κ3) is 4.67. The van der Waals surface area contributed by atoms with Crippen LogP contribution in [0.1, 0.15) is 69.8 Å². The van der Waals surface area contributed by atoms with E-state index in [2.05, 4.69) is 5.32 Å². The van der Waals surface area contributed by atoms with E-state index in [4.69, 9.17) is 4.42 Å². The zero-order chi connectivity index (χ0) is 27.7. The summed E-state index contributed by atoms with van der Waals surface area (Å²) in [4.78, 5) is 39.1. The molecule has 196 valence electrons. The minimum Gasteiger partial charge on any atom is -0.478 e. The summed E-state index contributed by atoms with van der Waals surface area (Å²) >= 11 is 0. The van der Waals surface area contributed by atoms with Gasteiger partial charge in [0, 0.05) is 41.5 Å². The summed E-state index contributed by atoms with van der Waals surface area (Å²) in [6.45, 7) is 10.1. The Morgan fingerprint density at radius 2 is 1.76 bits per heavy atom. The number of carboxylic acids is 1. The summed E-state index contributed by atoms with van der Waals surface area (Å²) in [5, 5.41) is 13.3. The summed E-state index contributed by atoms with van der Waals surface area (Å²) < 4.78 is 6.44. The molecule has 7 nitrogen and oxygen atoms in total. The van der Waals surface area contributed by atoms with E-state index >= 15 is 0 Å². The van der Waals surface area contributed by atoms with E-state index in [9.17, 15) is 19.5 Å². The van der Waals surface area contributed by atoms with Crippen LogP contribution in [0, 0.1) is 13.8 Å². The second kappa shape index (κ2) is 10.5. The zero-order valence-electron chi connectivity index (χ0n) is 22.5. The molecule has 1 amide bonds. The van der Waals surface area contributed by atoms with Gasteiger partial charge in [-0.05, 0) is 62.2 Å². The number of aromatic carboxylic acids is 1. The number of hydrogen-bond acceptors (Lipinski definition) is 5. The molecular formula is C31H32N2O5. The maximum Gasteiger partial charge on any atom is 0.337 e. The minimum absolute atomic E-state index is 0.0208. The molecule has 1 unspecified atom stereocenters. The van der Waals surface area contributed by atoms with Crippen LogP contribution in [-0.2, 0) is 6.54 Å². The van der Waals surface area contributed by atoms with Crippen LogP contribution in [-0.4, -0.2) is 28.9 Å². The summed E-state index contributed by atoms with van der Waals surface area (Å²) in [6.07, 6.45) is 0. The van der Waals surface area contributed by atoms with Gasteiger partial charge in [-0.1, -0.05) is 38.1 Å².